The number of nitrogens with zero attached hydrogens (tertiary/aromatic N) is 2. The summed E-state index contributed by atoms with van der Waals surface area (Å²) < 4.78 is 0. The van der Waals surface area contributed by atoms with Crippen molar-refractivity contribution in [1.29, 1.82) is 0 Å². The Labute approximate surface area is 171 Å². The lowest BCUT2D eigenvalue weighted by Crippen LogP contribution is -1.98. The van der Waals surface area contributed by atoms with Crippen molar-refractivity contribution < 1.29 is 4.79 Å². The van der Waals surface area contributed by atoms with Crippen molar-refractivity contribution in [2.75, 3.05) is 0 Å². The van der Waals surface area contributed by atoms with Crippen molar-refractivity contribution in [2.45, 2.75) is 33.1 Å². The van der Waals surface area contributed by atoms with Crippen molar-refractivity contribution in [3.63, 3.8) is 0 Å². The number of hydrogen-bond donors (Lipinski definition) is 0. The summed E-state index contributed by atoms with van der Waals surface area (Å²) >= 11 is 0. The number of fused-ring (bicyclic) bond motifs is 1. The molecular formula is C26H24N2O. The van der Waals surface area contributed by atoms with Gasteiger partial charge in [0.2, 0.25) is 0 Å². The van der Waals surface area contributed by atoms with Gasteiger partial charge in [-0.05, 0) is 48.6 Å². The number of carbonyl (C=O) groups is 1. The molecule has 0 aliphatic carbocycles. The fraction of sp³-hybridized carbons (Fsp3) is 0.192. The van der Waals surface area contributed by atoms with E-state index in [2.05, 4.69) is 60.4 Å². The van der Waals surface area contributed by atoms with Gasteiger partial charge in [-0.1, -0.05) is 61.9 Å². The van der Waals surface area contributed by atoms with Gasteiger partial charge in [-0.15, -0.1) is 0 Å². The van der Waals surface area contributed by atoms with E-state index in [1.165, 1.54) is 29.5 Å². The maximum absolute atomic E-state index is 12.1. The van der Waals surface area contributed by atoms with E-state index in [1.807, 2.05) is 12.1 Å². The van der Waals surface area contributed by atoms with E-state index < -0.39 is 0 Å². The molecule has 29 heavy (non-hydrogen) atoms. The van der Waals surface area contributed by atoms with Crippen LogP contribution >= 0.6 is 0 Å². The van der Waals surface area contributed by atoms with Gasteiger partial charge in [0.15, 0.2) is 5.78 Å². The van der Waals surface area contributed by atoms with E-state index in [-0.39, 0.29) is 5.78 Å². The molecule has 3 nitrogen and oxygen atoms in total. The molecule has 0 bridgehead atoms. The molecule has 0 aliphatic heterocycles. The van der Waals surface area contributed by atoms with Crippen molar-refractivity contribution in [2.24, 2.45) is 0 Å². The first-order chi connectivity index (χ1) is 14.2. The number of benzene rings is 2. The van der Waals surface area contributed by atoms with Crippen molar-refractivity contribution >= 4 is 16.7 Å². The fourth-order valence-electron chi connectivity index (χ4n) is 3.59. The molecular weight excluding hydrogens is 356 g/mol. The molecule has 0 saturated heterocycles. The molecule has 0 aliphatic rings. The van der Waals surface area contributed by atoms with Crippen LogP contribution in [0, 0.1) is 0 Å². The zero-order valence-electron chi connectivity index (χ0n) is 16.9. The highest BCUT2D eigenvalue weighted by molar-refractivity contribution is 6.06. The highest BCUT2D eigenvalue weighted by Gasteiger charge is 2.11. The Balaban J connectivity index is 1.65. The minimum atomic E-state index is 0.0198. The van der Waals surface area contributed by atoms with Gasteiger partial charge in [0.05, 0.1) is 11.2 Å². The third kappa shape index (κ3) is 4.09. The summed E-state index contributed by atoms with van der Waals surface area (Å²) in [6.45, 7) is 3.80. The minimum absolute atomic E-state index is 0.0198. The predicted octanol–water partition coefficient (Wildman–Crippen LogP) is 6.51. The molecule has 0 atom stereocenters. The number of unbranched alkanes of at least 4 members (excludes halogenated alkanes) is 1. The summed E-state index contributed by atoms with van der Waals surface area (Å²) in [5.41, 5.74) is 7.01. The lowest BCUT2D eigenvalue weighted by molar-refractivity contribution is 0.101. The third-order valence-corrected chi connectivity index (χ3v) is 5.28. The molecule has 4 aromatic rings. The van der Waals surface area contributed by atoms with Crippen LogP contribution in [0.5, 0.6) is 0 Å². The van der Waals surface area contributed by atoms with Gasteiger partial charge >= 0.3 is 0 Å². The van der Waals surface area contributed by atoms with Crippen molar-refractivity contribution in [3.8, 4) is 22.4 Å². The van der Waals surface area contributed by atoms with Crippen LogP contribution in [0.2, 0.25) is 0 Å². The van der Waals surface area contributed by atoms with E-state index in [0.717, 1.165) is 28.6 Å². The molecule has 144 valence electrons. The number of rotatable bonds is 6. The Bertz CT molecular complexity index is 1150. The van der Waals surface area contributed by atoms with Crippen LogP contribution in [-0.4, -0.2) is 15.8 Å². The summed E-state index contributed by atoms with van der Waals surface area (Å²) in [6, 6.07) is 20.9. The largest absolute Gasteiger partial charge is 0.294 e. The van der Waals surface area contributed by atoms with Crippen LogP contribution in [0.15, 0.2) is 73.1 Å². The number of aryl methyl sites for hydroxylation is 1. The highest BCUT2D eigenvalue weighted by Crippen LogP contribution is 2.27. The van der Waals surface area contributed by atoms with Gasteiger partial charge in [0.1, 0.15) is 0 Å². The molecule has 0 fully saturated rings. The van der Waals surface area contributed by atoms with Crippen LogP contribution in [0.1, 0.15) is 42.6 Å². The van der Waals surface area contributed by atoms with Gasteiger partial charge in [0.25, 0.3) is 0 Å². The smallest absolute Gasteiger partial charge is 0.160 e. The first-order valence-electron chi connectivity index (χ1n) is 10.1. The Hall–Kier alpha value is -3.33. The molecule has 4 rings (SSSR count). The van der Waals surface area contributed by atoms with E-state index in [4.69, 9.17) is 4.98 Å². The average molecular weight is 380 g/mol. The van der Waals surface area contributed by atoms with E-state index in [0.29, 0.717) is 5.56 Å². The second-order valence-corrected chi connectivity index (χ2v) is 7.38. The molecule has 0 amide bonds. The van der Waals surface area contributed by atoms with Gasteiger partial charge in [-0.3, -0.25) is 9.78 Å². The van der Waals surface area contributed by atoms with Gasteiger partial charge < -0.3 is 0 Å². The van der Waals surface area contributed by atoms with Crippen molar-refractivity contribution in [1.82, 2.24) is 9.97 Å². The predicted molar refractivity (Wildman–Crippen MR) is 119 cm³/mol. The molecule has 3 heteroatoms. The summed E-state index contributed by atoms with van der Waals surface area (Å²) in [7, 11) is 0. The number of ketones is 1. The number of pyridine rings is 2. The number of carbonyl (C=O) groups excluding carboxylic acids is 1. The average Bonchev–Trinajstić information content (AvgIpc) is 2.77. The molecule has 2 aromatic carbocycles. The lowest BCUT2D eigenvalue weighted by Gasteiger charge is -2.09. The molecule has 0 unspecified atom stereocenters. The lowest BCUT2D eigenvalue weighted by atomic mass is 9.99. The van der Waals surface area contributed by atoms with Crippen molar-refractivity contribution in [3.05, 3.63) is 84.2 Å². The zero-order chi connectivity index (χ0) is 20.2. The molecule has 0 radical (unpaired) electrons. The summed E-state index contributed by atoms with van der Waals surface area (Å²) in [5, 5.41) is 0.795. The third-order valence-electron chi connectivity index (χ3n) is 5.28. The summed E-state index contributed by atoms with van der Waals surface area (Å²) in [6.07, 6.45) is 6.99. The van der Waals surface area contributed by atoms with Crippen LogP contribution < -0.4 is 0 Å². The number of aromatic nitrogens is 2. The maximum Gasteiger partial charge on any atom is 0.160 e. The molecule has 0 saturated carbocycles. The first kappa shape index (κ1) is 19.0. The van der Waals surface area contributed by atoms with E-state index in [9.17, 15) is 4.79 Å². The number of hydrogen-bond acceptors (Lipinski definition) is 3. The van der Waals surface area contributed by atoms with Crippen LogP contribution in [-0.2, 0) is 6.42 Å². The molecule has 0 N–H and O–H groups in total. The molecule has 0 spiro atoms. The highest BCUT2D eigenvalue weighted by atomic mass is 16.1. The quantitative estimate of drug-likeness (QED) is 0.358. The Morgan fingerprint density at radius 2 is 1.55 bits per heavy atom. The van der Waals surface area contributed by atoms with E-state index >= 15 is 0 Å². The second kappa shape index (κ2) is 8.36. The second-order valence-electron chi connectivity index (χ2n) is 7.38. The summed E-state index contributed by atoms with van der Waals surface area (Å²) in [4.78, 5) is 21.0. The maximum atomic E-state index is 12.1. The standard InChI is InChI=1S/C26H24N2O/c1-3-4-5-19-6-8-20(9-7-19)21-10-12-22(13-11-21)26-16-23(18(2)29)24-17-27-15-14-25(24)28-26/h6-17H,3-5H2,1-2H3. The zero-order valence-corrected chi connectivity index (χ0v) is 16.9. The fourth-order valence-corrected chi connectivity index (χ4v) is 3.59. The minimum Gasteiger partial charge on any atom is -0.294 e. The Kier molecular flexibility index (Phi) is 5.48. The number of Topliss-reactive ketones (excluding diaryl/α,β-unsaturated/α-hetero) is 1. The SMILES string of the molecule is CCCCc1ccc(-c2ccc(-c3cc(C(C)=O)c4cnccc4n3)cc2)cc1. The topological polar surface area (TPSA) is 42.9 Å². The molecule has 2 aromatic heterocycles. The van der Waals surface area contributed by atoms with E-state index in [1.54, 1.807) is 19.3 Å². The van der Waals surface area contributed by atoms with Gasteiger partial charge in [0, 0.05) is 28.9 Å². The summed E-state index contributed by atoms with van der Waals surface area (Å²) in [5.74, 6) is 0.0198. The molecule has 2 heterocycles. The van der Waals surface area contributed by atoms with Crippen LogP contribution in [0.3, 0.4) is 0 Å². The van der Waals surface area contributed by atoms with Crippen LogP contribution in [0.25, 0.3) is 33.3 Å². The van der Waals surface area contributed by atoms with Crippen LogP contribution in [0.4, 0.5) is 0 Å². The first-order valence-corrected chi connectivity index (χ1v) is 10.1. The van der Waals surface area contributed by atoms with Gasteiger partial charge in [-0.2, -0.15) is 0 Å². The Morgan fingerprint density at radius 3 is 2.21 bits per heavy atom. The monoisotopic (exact) mass is 380 g/mol. The Morgan fingerprint density at radius 1 is 0.897 bits per heavy atom. The normalized spacial score (nSPS) is 11.0. The van der Waals surface area contributed by atoms with Gasteiger partial charge in [-0.25, -0.2) is 4.98 Å².